The lowest BCUT2D eigenvalue weighted by Crippen LogP contribution is -2.28. The Balaban J connectivity index is 1.88. The van der Waals surface area contributed by atoms with Crippen molar-refractivity contribution in [1.82, 2.24) is 15.0 Å². The summed E-state index contributed by atoms with van der Waals surface area (Å²) in [5.74, 6) is 1.44. The summed E-state index contributed by atoms with van der Waals surface area (Å²) in [7, 11) is 0. The predicted octanol–water partition coefficient (Wildman–Crippen LogP) is 3.08. The van der Waals surface area contributed by atoms with Crippen LogP contribution in [0.5, 0.6) is 0 Å². The number of aryl methyl sites for hydroxylation is 1. The van der Waals surface area contributed by atoms with Crippen molar-refractivity contribution >= 4 is 21.8 Å². The van der Waals surface area contributed by atoms with Crippen molar-refractivity contribution < 1.29 is 13.7 Å². The second-order valence-electron chi connectivity index (χ2n) is 4.90. The first-order valence-electron chi connectivity index (χ1n) is 6.43. The molecular formula is C13H14BrN3O3. The number of rotatable bonds is 2. The van der Waals surface area contributed by atoms with Crippen molar-refractivity contribution in [3.63, 3.8) is 0 Å². The molecule has 0 spiro atoms. The quantitative estimate of drug-likeness (QED) is 0.840. The average Bonchev–Trinajstić information content (AvgIpc) is 3.09. The van der Waals surface area contributed by atoms with Gasteiger partial charge in [0.2, 0.25) is 5.91 Å². The third-order valence-electron chi connectivity index (χ3n) is 3.47. The highest BCUT2D eigenvalue weighted by Crippen LogP contribution is 2.33. The van der Waals surface area contributed by atoms with E-state index < -0.39 is 0 Å². The molecule has 106 valence electrons. The van der Waals surface area contributed by atoms with Crippen molar-refractivity contribution in [2.24, 2.45) is 0 Å². The molecular weight excluding hydrogens is 326 g/mol. The topological polar surface area (TPSA) is 72.4 Å². The monoisotopic (exact) mass is 339 g/mol. The molecule has 3 rings (SSSR count). The van der Waals surface area contributed by atoms with Crippen LogP contribution < -0.4 is 0 Å². The van der Waals surface area contributed by atoms with E-state index in [0.29, 0.717) is 22.1 Å². The van der Waals surface area contributed by atoms with Gasteiger partial charge in [0.25, 0.3) is 5.89 Å². The lowest BCUT2D eigenvalue weighted by molar-refractivity contribution is -0.129. The Morgan fingerprint density at radius 3 is 3.00 bits per heavy atom. The van der Waals surface area contributed by atoms with E-state index in [9.17, 15) is 4.79 Å². The zero-order chi connectivity index (χ0) is 14.3. The van der Waals surface area contributed by atoms with Gasteiger partial charge in [0.15, 0.2) is 16.3 Å². The Bertz CT molecular complexity index is 630. The Labute approximate surface area is 124 Å². The Kier molecular flexibility index (Phi) is 3.37. The average molecular weight is 340 g/mol. The van der Waals surface area contributed by atoms with Crippen molar-refractivity contribution in [1.29, 1.82) is 0 Å². The number of likely N-dealkylation sites (tertiary alicyclic amines) is 1. The number of carbonyl (C=O) groups excluding carboxylic acids is 1. The minimum Gasteiger partial charge on any atom is -0.444 e. The molecule has 0 N–H and O–H groups in total. The minimum absolute atomic E-state index is 0.0374. The molecule has 3 heterocycles. The molecule has 1 saturated heterocycles. The summed E-state index contributed by atoms with van der Waals surface area (Å²) in [4.78, 5) is 17.7. The van der Waals surface area contributed by atoms with Gasteiger partial charge < -0.3 is 13.8 Å². The molecule has 1 atom stereocenters. The third-order valence-corrected chi connectivity index (χ3v) is 4.25. The highest BCUT2D eigenvalue weighted by atomic mass is 79.9. The predicted molar refractivity (Wildman–Crippen MR) is 73.8 cm³/mol. The number of halogens is 1. The highest BCUT2D eigenvalue weighted by molar-refractivity contribution is 9.10. The molecule has 0 aliphatic carbocycles. The summed E-state index contributed by atoms with van der Waals surface area (Å²) in [6.07, 6.45) is 1.82. The molecule has 0 radical (unpaired) electrons. The molecule has 2 aromatic heterocycles. The normalized spacial score (nSPS) is 18.8. The lowest BCUT2D eigenvalue weighted by atomic mass is 10.2. The first-order chi connectivity index (χ1) is 9.56. The van der Waals surface area contributed by atoms with Crippen LogP contribution in [-0.2, 0) is 4.79 Å². The smallest absolute Gasteiger partial charge is 0.293 e. The molecule has 0 aromatic carbocycles. The second-order valence-corrected chi connectivity index (χ2v) is 5.62. The molecule has 7 heteroatoms. The molecule has 6 nitrogen and oxygen atoms in total. The largest absolute Gasteiger partial charge is 0.444 e. The standard InChI is InChI=1S/C13H14BrN3O3/c1-7-6-10(19-11(7)14)13-15-12(16-20-13)9-4-3-5-17(9)8(2)18/h6,9H,3-5H2,1-2H3. The fourth-order valence-corrected chi connectivity index (χ4v) is 2.74. The molecule has 1 amide bonds. The Hall–Kier alpha value is -1.63. The molecule has 20 heavy (non-hydrogen) atoms. The van der Waals surface area contributed by atoms with Gasteiger partial charge in [-0.2, -0.15) is 4.98 Å². The number of hydrogen-bond donors (Lipinski definition) is 0. The number of aromatic nitrogens is 2. The van der Waals surface area contributed by atoms with Crippen molar-refractivity contribution in [3.05, 3.63) is 22.1 Å². The lowest BCUT2D eigenvalue weighted by Gasteiger charge is -2.19. The maximum atomic E-state index is 11.6. The zero-order valence-corrected chi connectivity index (χ0v) is 12.8. The fraction of sp³-hybridized carbons (Fsp3) is 0.462. The van der Waals surface area contributed by atoms with Crippen molar-refractivity contribution in [3.8, 4) is 11.7 Å². The zero-order valence-electron chi connectivity index (χ0n) is 11.2. The number of carbonyl (C=O) groups is 1. The summed E-state index contributed by atoms with van der Waals surface area (Å²) in [5, 5.41) is 3.99. The van der Waals surface area contributed by atoms with Crippen molar-refractivity contribution in [2.45, 2.75) is 32.7 Å². The SMILES string of the molecule is CC(=O)N1CCCC1c1noc(-c2cc(C)c(Br)o2)n1. The molecule has 1 aliphatic heterocycles. The number of nitrogens with zero attached hydrogens (tertiary/aromatic N) is 3. The van der Waals surface area contributed by atoms with E-state index in [1.807, 2.05) is 13.0 Å². The van der Waals surface area contributed by atoms with Crippen LogP contribution in [0.1, 0.15) is 37.2 Å². The maximum absolute atomic E-state index is 11.6. The van der Waals surface area contributed by atoms with E-state index in [1.54, 1.807) is 11.8 Å². The summed E-state index contributed by atoms with van der Waals surface area (Å²) >= 11 is 3.31. The van der Waals surface area contributed by atoms with Gasteiger partial charge >= 0.3 is 0 Å². The molecule has 0 saturated carbocycles. The first-order valence-corrected chi connectivity index (χ1v) is 7.22. The van der Waals surface area contributed by atoms with E-state index >= 15 is 0 Å². The summed E-state index contributed by atoms with van der Waals surface area (Å²) in [5.41, 5.74) is 0.964. The van der Waals surface area contributed by atoms with Crippen LogP contribution in [0, 0.1) is 6.92 Å². The fourth-order valence-electron chi connectivity index (χ4n) is 2.45. The van der Waals surface area contributed by atoms with E-state index in [4.69, 9.17) is 8.94 Å². The van der Waals surface area contributed by atoms with Gasteiger partial charge in [-0.25, -0.2) is 0 Å². The van der Waals surface area contributed by atoms with Crippen LogP contribution in [0.3, 0.4) is 0 Å². The van der Waals surface area contributed by atoms with E-state index in [1.165, 1.54) is 0 Å². The van der Waals surface area contributed by atoms with E-state index in [0.717, 1.165) is 24.9 Å². The van der Waals surface area contributed by atoms with Gasteiger partial charge in [0.05, 0.1) is 6.04 Å². The second kappa shape index (κ2) is 5.05. The Morgan fingerprint density at radius 2 is 2.35 bits per heavy atom. The molecule has 0 bridgehead atoms. The highest BCUT2D eigenvalue weighted by Gasteiger charge is 2.32. The van der Waals surface area contributed by atoms with Gasteiger partial charge in [-0.3, -0.25) is 4.79 Å². The molecule has 1 fully saturated rings. The van der Waals surface area contributed by atoms with Crippen LogP contribution in [0.4, 0.5) is 0 Å². The van der Waals surface area contributed by atoms with Crippen LogP contribution in [0.2, 0.25) is 0 Å². The number of amides is 1. The number of hydrogen-bond acceptors (Lipinski definition) is 5. The van der Waals surface area contributed by atoms with Crippen LogP contribution in [0.25, 0.3) is 11.7 Å². The summed E-state index contributed by atoms with van der Waals surface area (Å²) in [6, 6.07) is 1.74. The van der Waals surface area contributed by atoms with E-state index in [-0.39, 0.29) is 11.9 Å². The summed E-state index contributed by atoms with van der Waals surface area (Å²) < 4.78 is 11.4. The molecule has 1 unspecified atom stereocenters. The van der Waals surface area contributed by atoms with Gasteiger partial charge in [-0.15, -0.1) is 0 Å². The number of furan rings is 1. The van der Waals surface area contributed by atoms with Gasteiger partial charge in [0, 0.05) is 19.0 Å². The first kappa shape index (κ1) is 13.4. The Morgan fingerprint density at radius 1 is 1.55 bits per heavy atom. The van der Waals surface area contributed by atoms with E-state index in [2.05, 4.69) is 26.1 Å². The molecule has 1 aliphatic rings. The van der Waals surface area contributed by atoms with Crippen molar-refractivity contribution in [2.75, 3.05) is 6.54 Å². The molecule has 2 aromatic rings. The third kappa shape index (κ3) is 2.26. The maximum Gasteiger partial charge on any atom is 0.293 e. The summed E-state index contributed by atoms with van der Waals surface area (Å²) in [6.45, 7) is 4.23. The minimum atomic E-state index is -0.0931. The van der Waals surface area contributed by atoms with Gasteiger partial charge in [-0.1, -0.05) is 5.16 Å². The van der Waals surface area contributed by atoms with Crippen LogP contribution in [0.15, 0.2) is 19.7 Å². The van der Waals surface area contributed by atoms with Crippen LogP contribution >= 0.6 is 15.9 Å². The van der Waals surface area contributed by atoms with Gasteiger partial charge in [0.1, 0.15) is 0 Å². The van der Waals surface area contributed by atoms with Crippen LogP contribution in [-0.4, -0.2) is 27.5 Å². The van der Waals surface area contributed by atoms with Gasteiger partial charge in [-0.05, 0) is 41.8 Å².